The summed E-state index contributed by atoms with van der Waals surface area (Å²) < 4.78 is 2.35. The van der Waals surface area contributed by atoms with E-state index in [2.05, 4.69) is 102 Å². The van der Waals surface area contributed by atoms with Gasteiger partial charge in [-0.2, -0.15) is 0 Å². The second-order valence-electron chi connectivity index (χ2n) is 9.73. The first-order valence-corrected chi connectivity index (χ1v) is 13.1. The van der Waals surface area contributed by atoms with Gasteiger partial charge in [0.15, 0.2) is 0 Å². The van der Waals surface area contributed by atoms with Crippen LogP contribution < -0.4 is 0 Å². The molecule has 3 heteroatoms. The third kappa shape index (κ3) is 4.71. The summed E-state index contributed by atoms with van der Waals surface area (Å²) in [5.74, 6) is 0. The van der Waals surface area contributed by atoms with Crippen molar-refractivity contribution in [2.75, 3.05) is 0 Å². The maximum absolute atomic E-state index is 4.63. The van der Waals surface area contributed by atoms with Crippen molar-refractivity contribution in [2.24, 2.45) is 0 Å². The molecule has 3 heterocycles. The number of aromatic nitrogens is 3. The summed E-state index contributed by atoms with van der Waals surface area (Å²) in [6.07, 6.45) is 9.66. The van der Waals surface area contributed by atoms with Gasteiger partial charge in [0.25, 0.3) is 0 Å². The molecule has 0 unspecified atom stereocenters. The highest BCUT2D eigenvalue weighted by Crippen LogP contribution is 2.35. The number of nitrogens with zero attached hydrogens (tertiary/aromatic N) is 3. The Balaban J connectivity index is 1.54. The number of hydrogen-bond donors (Lipinski definition) is 0. The SMILES string of the molecule is C=C/C=C\c1c(C)n(-c2cccc(-c3cc(-c4ccccn4)cc(-c4ccccn4)c3)c2)c2ccc(C)cc12. The van der Waals surface area contributed by atoms with Gasteiger partial charge in [-0.15, -0.1) is 0 Å². The van der Waals surface area contributed by atoms with Gasteiger partial charge in [0.05, 0.1) is 16.9 Å². The monoisotopic (exact) mass is 503 g/mol. The molecule has 0 N–H and O–H groups in total. The smallest absolute Gasteiger partial charge is 0.0702 e. The normalized spacial score (nSPS) is 11.3. The maximum atomic E-state index is 4.63. The number of rotatable bonds is 6. The van der Waals surface area contributed by atoms with Crippen LogP contribution in [-0.2, 0) is 0 Å². The summed E-state index contributed by atoms with van der Waals surface area (Å²) in [5, 5.41) is 1.24. The molecule has 0 aliphatic carbocycles. The van der Waals surface area contributed by atoms with Crippen LogP contribution in [0, 0.1) is 13.8 Å². The second kappa shape index (κ2) is 10.4. The highest BCUT2D eigenvalue weighted by atomic mass is 15.0. The van der Waals surface area contributed by atoms with Crippen LogP contribution >= 0.6 is 0 Å². The van der Waals surface area contributed by atoms with Gasteiger partial charge in [-0.3, -0.25) is 9.97 Å². The topological polar surface area (TPSA) is 30.7 Å². The van der Waals surface area contributed by atoms with Crippen molar-refractivity contribution in [1.29, 1.82) is 0 Å². The van der Waals surface area contributed by atoms with Crippen LogP contribution in [0.15, 0.2) is 128 Å². The molecule has 39 heavy (non-hydrogen) atoms. The summed E-state index contributed by atoms with van der Waals surface area (Å²) in [6, 6.07) is 34.1. The molecule has 0 radical (unpaired) electrons. The van der Waals surface area contributed by atoms with E-state index < -0.39 is 0 Å². The minimum Gasteiger partial charge on any atom is -0.313 e. The highest BCUT2D eigenvalue weighted by molar-refractivity contribution is 5.93. The van der Waals surface area contributed by atoms with Gasteiger partial charge >= 0.3 is 0 Å². The van der Waals surface area contributed by atoms with Crippen LogP contribution in [0.2, 0.25) is 0 Å². The minimum absolute atomic E-state index is 0.939. The molecule has 0 bridgehead atoms. The fraction of sp³-hybridized carbons (Fsp3) is 0.0556. The van der Waals surface area contributed by atoms with Crippen LogP contribution in [-0.4, -0.2) is 14.5 Å². The van der Waals surface area contributed by atoms with Crippen LogP contribution in [0.3, 0.4) is 0 Å². The predicted octanol–water partition coefficient (Wildman–Crippen LogP) is 9.24. The average molecular weight is 504 g/mol. The molecule has 6 aromatic rings. The Morgan fingerprint density at radius 1 is 0.667 bits per heavy atom. The van der Waals surface area contributed by atoms with Crippen molar-refractivity contribution in [1.82, 2.24) is 14.5 Å². The minimum atomic E-state index is 0.939. The lowest BCUT2D eigenvalue weighted by Gasteiger charge is -2.13. The Morgan fingerprint density at radius 3 is 2.00 bits per heavy atom. The first-order chi connectivity index (χ1) is 19.1. The standard InChI is InChI=1S/C36H29N3/c1-4-5-13-32-26(3)39(36-17-16-25(2)20-33(32)36)31-12-10-11-27(24-31)28-21-29(34-14-6-8-18-37-34)23-30(22-28)35-15-7-9-19-38-35/h4-24H,1H2,2-3H3/b13-5-. The predicted molar refractivity (Wildman–Crippen MR) is 164 cm³/mol. The van der Waals surface area contributed by atoms with Crippen molar-refractivity contribution in [3.8, 4) is 39.3 Å². The van der Waals surface area contributed by atoms with E-state index in [1.54, 1.807) is 0 Å². The van der Waals surface area contributed by atoms with E-state index >= 15 is 0 Å². The van der Waals surface area contributed by atoms with Crippen molar-refractivity contribution in [2.45, 2.75) is 13.8 Å². The molecule has 0 fully saturated rings. The van der Waals surface area contributed by atoms with E-state index in [1.807, 2.05) is 60.9 Å². The summed E-state index contributed by atoms with van der Waals surface area (Å²) in [7, 11) is 0. The molecule has 3 aromatic heterocycles. The van der Waals surface area contributed by atoms with Crippen molar-refractivity contribution >= 4 is 17.0 Å². The molecular formula is C36H29N3. The zero-order valence-corrected chi connectivity index (χ0v) is 22.2. The van der Waals surface area contributed by atoms with E-state index in [0.29, 0.717) is 0 Å². The van der Waals surface area contributed by atoms with Crippen LogP contribution in [0.5, 0.6) is 0 Å². The van der Waals surface area contributed by atoms with Gasteiger partial charge < -0.3 is 4.57 Å². The highest BCUT2D eigenvalue weighted by Gasteiger charge is 2.15. The Hall–Kier alpha value is -5.02. The summed E-state index contributed by atoms with van der Waals surface area (Å²) in [4.78, 5) is 9.25. The fourth-order valence-electron chi connectivity index (χ4n) is 5.25. The molecule has 0 saturated heterocycles. The molecular weight excluding hydrogens is 474 g/mol. The first-order valence-electron chi connectivity index (χ1n) is 13.1. The van der Waals surface area contributed by atoms with E-state index in [9.17, 15) is 0 Å². The number of fused-ring (bicyclic) bond motifs is 1. The van der Waals surface area contributed by atoms with E-state index in [-0.39, 0.29) is 0 Å². The molecule has 0 atom stereocenters. The Bertz CT molecular complexity index is 1770. The van der Waals surface area contributed by atoms with Crippen LogP contribution in [0.25, 0.3) is 56.3 Å². The lowest BCUT2D eigenvalue weighted by molar-refractivity contribution is 1.05. The molecule has 0 saturated carbocycles. The number of allylic oxidation sites excluding steroid dienone is 2. The molecule has 6 rings (SSSR count). The van der Waals surface area contributed by atoms with Gasteiger partial charge in [0, 0.05) is 45.9 Å². The lowest BCUT2D eigenvalue weighted by atomic mass is 9.96. The molecule has 0 aliphatic rings. The molecule has 0 aliphatic heterocycles. The van der Waals surface area contributed by atoms with Gasteiger partial charge in [0.2, 0.25) is 0 Å². The van der Waals surface area contributed by atoms with E-state index in [1.165, 1.54) is 27.7 Å². The zero-order chi connectivity index (χ0) is 26.8. The quantitative estimate of drug-likeness (QED) is 0.212. The van der Waals surface area contributed by atoms with Crippen molar-refractivity contribution in [3.63, 3.8) is 0 Å². The van der Waals surface area contributed by atoms with E-state index in [4.69, 9.17) is 0 Å². The molecule has 188 valence electrons. The first kappa shape index (κ1) is 24.3. The summed E-state index contributed by atoms with van der Waals surface area (Å²) >= 11 is 0. The number of aryl methyl sites for hydroxylation is 1. The fourth-order valence-corrected chi connectivity index (χ4v) is 5.25. The number of hydrogen-bond acceptors (Lipinski definition) is 2. The Kier molecular flexibility index (Phi) is 6.48. The van der Waals surface area contributed by atoms with Crippen LogP contribution in [0.1, 0.15) is 16.8 Å². The largest absolute Gasteiger partial charge is 0.313 e. The van der Waals surface area contributed by atoms with Gasteiger partial charge in [-0.1, -0.05) is 60.7 Å². The van der Waals surface area contributed by atoms with Gasteiger partial charge in [-0.05, 0) is 91.7 Å². The van der Waals surface area contributed by atoms with Crippen molar-refractivity contribution < 1.29 is 0 Å². The Morgan fingerprint density at radius 2 is 1.36 bits per heavy atom. The van der Waals surface area contributed by atoms with Crippen molar-refractivity contribution in [3.05, 3.63) is 145 Å². The third-order valence-electron chi connectivity index (χ3n) is 7.10. The average Bonchev–Trinajstić information content (AvgIpc) is 3.26. The number of pyridine rings is 2. The second-order valence-corrected chi connectivity index (χ2v) is 9.73. The summed E-state index contributed by atoms with van der Waals surface area (Å²) in [6.45, 7) is 8.20. The van der Waals surface area contributed by atoms with E-state index in [0.717, 1.165) is 39.3 Å². The molecule has 3 nitrogen and oxygen atoms in total. The van der Waals surface area contributed by atoms with Crippen LogP contribution in [0.4, 0.5) is 0 Å². The summed E-state index contributed by atoms with van der Waals surface area (Å²) in [5.41, 5.74) is 12.2. The molecule has 3 aromatic carbocycles. The lowest BCUT2D eigenvalue weighted by Crippen LogP contribution is -1.97. The maximum Gasteiger partial charge on any atom is 0.0702 e. The number of benzene rings is 3. The molecule has 0 amide bonds. The van der Waals surface area contributed by atoms with Gasteiger partial charge in [0.1, 0.15) is 0 Å². The molecule has 0 spiro atoms. The third-order valence-corrected chi connectivity index (χ3v) is 7.10. The van der Waals surface area contributed by atoms with Gasteiger partial charge in [-0.25, -0.2) is 0 Å². The Labute approximate surface area is 229 Å². The zero-order valence-electron chi connectivity index (χ0n) is 22.2.